The first-order valence-electron chi connectivity index (χ1n) is 7.13. The van der Waals surface area contributed by atoms with Gasteiger partial charge in [0.2, 0.25) is 0 Å². The van der Waals surface area contributed by atoms with Gasteiger partial charge >= 0.3 is 0 Å². The van der Waals surface area contributed by atoms with Crippen molar-refractivity contribution in [2.75, 3.05) is 6.54 Å². The van der Waals surface area contributed by atoms with E-state index in [1.807, 2.05) is 22.9 Å². The molecule has 0 aliphatic carbocycles. The van der Waals surface area contributed by atoms with Gasteiger partial charge in [-0.3, -0.25) is 9.59 Å². The van der Waals surface area contributed by atoms with E-state index in [0.29, 0.717) is 10.8 Å². The summed E-state index contributed by atoms with van der Waals surface area (Å²) in [6.07, 6.45) is 0. The Kier molecular flexibility index (Phi) is 4.02. The fourth-order valence-electron chi connectivity index (χ4n) is 2.35. The van der Waals surface area contributed by atoms with Gasteiger partial charge in [0.05, 0.1) is 6.54 Å². The van der Waals surface area contributed by atoms with Crippen molar-refractivity contribution in [3.05, 3.63) is 68.8 Å². The van der Waals surface area contributed by atoms with Crippen LogP contribution < -0.4 is 10.9 Å². The number of thiophene rings is 1. The van der Waals surface area contributed by atoms with Crippen LogP contribution in [0.5, 0.6) is 0 Å². The summed E-state index contributed by atoms with van der Waals surface area (Å²) >= 11 is 1.48. The molecule has 3 rings (SSSR count). The van der Waals surface area contributed by atoms with Gasteiger partial charge in [-0.2, -0.15) is 11.3 Å². The van der Waals surface area contributed by atoms with Crippen molar-refractivity contribution in [3.8, 4) is 0 Å². The van der Waals surface area contributed by atoms with Crippen LogP contribution in [0, 0.1) is 0 Å². The van der Waals surface area contributed by atoms with Crippen molar-refractivity contribution in [2.45, 2.75) is 12.5 Å². The predicted octanol–water partition coefficient (Wildman–Crippen LogP) is 2.23. The van der Waals surface area contributed by atoms with Crippen LogP contribution in [0.15, 0.2) is 52.0 Å². The van der Waals surface area contributed by atoms with E-state index in [0.717, 1.165) is 5.56 Å². The molecule has 1 atom stereocenters. The molecule has 1 unspecified atom stereocenters. The van der Waals surface area contributed by atoms with Gasteiger partial charge in [-0.05, 0) is 46.8 Å². The zero-order chi connectivity index (χ0) is 16.4. The summed E-state index contributed by atoms with van der Waals surface area (Å²) in [5, 5.41) is 18.0. The smallest absolute Gasteiger partial charge is 0.267 e. The highest BCUT2D eigenvalue weighted by Crippen LogP contribution is 2.22. The average molecular weight is 328 g/mol. The molecular formula is C17H16N2O3S. The Hall–Kier alpha value is -2.44. The van der Waals surface area contributed by atoms with E-state index in [4.69, 9.17) is 0 Å². The number of H-pyrrole nitrogens is 1. The van der Waals surface area contributed by atoms with Crippen LogP contribution >= 0.6 is 11.3 Å². The number of amides is 1. The number of fused-ring (bicyclic) bond motifs is 1. The third kappa shape index (κ3) is 3.18. The molecule has 0 aliphatic rings. The number of carbonyl (C=O) groups excluding carboxylic acids is 1. The minimum absolute atomic E-state index is 0.0530. The molecule has 0 saturated heterocycles. The molecule has 118 valence electrons. The molecule has 1 amide bonds. The highest BCUT2D eigenvalue weighted by atomic mass is 32.1. The van der Waals surface area contributed by atoms with Crippen LogP contribution in [0.2, 0.25) is 0 Å². The molecule has 2 heterocycles. The molecule has 0 radical (unpaired) electrons. The van der Waals surface area contributed by atoms with Crippen LogP contribution in [0.1, 0.15) is 23.0 Å². The Labute approximate surface area is 136 Å². The van der Waals surface area contributed by atoms with E-state index in [1.54, 1.807) is 31.2 Å². The zero-order valence-electron chi connectivity index (χ0n) is 12.5. The van der Waals surface area contributed by atoms with E-state index in [1.165, 1.54) is 11.3 Å². The van der Waals surface area contributed by atoms with E-state index in [9.17, 15) is 14.7 Å². The Balaban J connectivity index is 1.80. The van der Waals surface area contributed by atoms with Crippen LogP contribution in [0.3, 0.4) is 0 Å². The molecule has 2 aromatic heterocycles. The van der Waals surface area contributed by atoms with E-state index in [2.05, 4.69) is 10.3 Å². The molecule has 1 aromatic carbocycles. The fourth-order valence-corrected chi connectivity index (χ4v) is 3.14. The zero-order valence-corrected chi connectivity index (χ0v) is 13.3. The fraction of sp³-hybridized carbons (Fsp3) is 0.176. The van der Waals surface area contributed by atoms with E-state index < -0.39 is 11.5 Å². The quantitative estimate of drug-likeness (QED) is 0.687. The lowest BCUT2D eigenvalue weighted by atomic mass is 9.99. The first-order valence-corrected chi connectivity index (χ1v) is 8.07. The normalized spacial score (nSPS) is 13.7. The SMILES string of the molecule is CC(O)(CNC(=O)c1cc2ccccc2c(=O)[nH]1)c1ccsc1. The predicted molar refractivity (Wildman–Crippen MR) is 90.8 cm³/mol. The second kappa shape index (κ2) is 5.98. The van der Waals surface area contributed by atoms with Gasteiger partial charge in [0.25, 0.3) is 11.5 Å². The number of pyridine rings is 1. The highest BCUT2D eigenvalue weighted by molar-refractivity contribution is 7.08. The lowest BCUT2D eigenvalue weighted by Crippen LogP contribution is -2.39. The van der Waals surface area contributed by atoms with Crippen molar-refractivity contribution in [1.29, 1.82) is 0 Å². The Morgan fingerprint density at radius 3 is 2.87 bits per heavy atom. The second-order valence-corrected chi connectivity index (χ2v) is 6.35. The van der Waals surface area contributed by atoms with Crippen molar-refractivity contribution < 1.29 is 9.90 Å². The first-order chi connectivity index (χ1) is 11.0. The number of hydrogen-bond donors (Lipinski definition) is 3. The molecule has 0 bridgehead atoms. The Morgan fingerprint density at radius 1 is 1.35 bits per heavy atom. The monoisotopic (exact) mass is 328 g/mol. The number of aromatic nitrogens is 1. The summed E-state index contributed by atoms with van der Waals surface area (Å²) in [6.45, 7) is 1.69. The maximum Gasteiger partial charge on any atom is 0.267 e. The molecule has 0 spiro atoms. The first kappa shape index (κ1) is 15.5. The van der Waals surface area contributed by atoms with Crippen molar-refractivity contribution in [1.82, 2.24) is 10.3 Å². The summed E-state index contributed by atoms with van der Waals surface area (Å²) in [4.78, 5) is 26.8. The number of aromatic amines is 1. The Morgan fingerprint density at radius 2 is 2.13 bits per heavy atom. The molecule has 0 fully saturated rings. The minimum Gasteiger partial charge on any atom is -0.384 e. The molecule has 5 nitrogen and oxygen atoms in total. The van der Waals surface area contributed by atoms with Gasteiger partial charge < -0.3 is 15.4 Å². The van der Waals surface area contributed by atoms with Crippen molar-refractivity contribution in [3.63, 3.8) is 0 Å². The van der Waals surface area contributed by atoms with Crippen LogP contribution in [-0.4, -0.2) is 22.5 Å². The van der Waals surface area contributed by atoms with Gasteiger partial charge in [-0.15, -0.1) is 0 Å². The molecular weight excluding hydrogens is 312 g/mol. The summed E-state index contributed by atoms with van der Waals surface area (Å²) in [7, 11) is 0. The van der Waals surface area contributed by atoms with Crippen LogP contribution in [0.4, 0.5) is 0 Å². The standard InChI is InChI=1S/C17H16N2O3S/c1-17(22,12-6-7-23-9-12)10-18-16(21)14-8-11-4-2-3-5-13(11)15(20)19-14/h2-9,22H,10H2,1H3,(H,18,21)(H,19,20). The molecule has 3 N–H and O–H groups in total. The topological polar surface area (TPSA) is 82.2 Å². The molecule has 3 aromatic rings. The number of rotatable bonds is 4. The number of hydrogen-bond acceptors (Lipinski definition) is 4. The minimum atomic E-state index is -1.16. The average Bonchev–Trinajstić information content (AvgIpc) is 3.08. The largest absolute Gasteiger partial charge is 0.384 e. The third-order valence-electron chi connectivity index (χ3n) is 3.73. The van der Waals surface area contributed by atoms with E-state index in [-0.39, 0.29) is 17.8 Å². The third-order valence-corrected chi connectivity index (χ3v) is 4.42. The van der Waals surface area contributed by atoms with Gasteiger partial charge in [0, 0.05) is 5.39 Å². The molecule has 6 heteroatoms. The summed E-state index contributed by atoms with van der Waals surface area (Å²) in [5.74, 6) is -0.427. The maximum atomic E-state index is 12.3. The van der Waals surface area contributed by atoms with Gasteiger partial charge in [0.15, 0.2) is 0 Å². The lowest BCUT2D eigenvalue weighted by Gasteiger charge is -2.22. The summed E-state index contributed by atoms with van der Waals surface area (Å²) in [6, 6.07) is 10.5. The summed E-state index contributed by atoms with van der Waals surface area (Å²) < 4.78 is 0. The van der Waals surface area contributed by atoms with Gasteiger partial charge in [-0.1, -0.05) is 18.2 Å². The molecule has 23 heavy (non-hydrogen) atoms. The molecule has 0 saturated carbocycles. The Bertz CT molecular complexity index is 898. The maximum absolute atomic E-state index is 12.3. The summed E-state index contributed by atoms with van der Waals surface area (Å²) in [5.41, 5.74) is -0.547. The lowest BCUT2D eigenvalue weighted by molar-refractivity contribution is 0.0528. The van der Waals surface area contributed by atoms with Gasteiger partial charge in [0.1, 0.15) is 11.3 Å². The van der Waals surface area contributed by atoms with Gasteiger partial charge in [-0.25, -0.2) is 0 Å². The van der Waals surface area contributed by atoms with Crippen LogP contribution in [-0.2, 0) is 5.60 Å². The van der Waals surface area contributed by atoms with Crippen LogP contribution in [0.25, 0.3) is 10.8 Å². The van der Waals surface area contributed by atoms with Crippen molar-refractivity contribution >= 4 is 28.0 Å². The second-order valence-electron chi connectivity index (χ2n) is 5.57. The molecule has 0 aliphatic heterocycles. The number of aliphatic hydroxyl groups is 1. The number of benzene rings is 1. The number of nitrogens with one attached hydrogen (secondary N) is 2. The van der Waals surface area contributed by atoms with Crippen molar-refractivity contribution in [2.24, 2.45) is 0 Å². The van der Waals surface area contributed by atoms with E-state index >= 15 is 0 Å². The highest BCUT2D eigenvalue weighted by Gasteiger charge is 2.24. The number of carbonyl (C=O) groups is 1.